The van der Waals surface area contributed by atoms with Crippen molar-refractivity contribution in [3.8, 4) is 11.5 Å². The highest BCUT2D eigenvalue weighted by Crippen LogP contribution is 2.36. The summed E-state index contributed by atoms with van der Waals surface area (Å²) in [7, 11) is 5.47. The van der Waals surface area contributed by atoms with Gasteiger partial charge in [-0.3, -0.25) is 0 Å². The van der Waals surface area contributed by atoms with Gasteiger partial charge in [0.25, 0.3) is 0 Å². The Morgan fingerprint density at radius 2 is 2.04 bits per heavy atom. The lowest BCUT2D eigenvalue weighted by atomic mass is 9.98. The molecule has 2 atom stereocenters. The molecule has 0 N–H and O–H groups in total. The minimum Gasteiger partial charge on any atom is -0.497 e. The molecule has 2 aliphatic heterocycles. The number of nitrogens with zero attached hydrogens (tertiary/aromatic N) is 4. The van der Waals surface area contributed by atoms with Crippen molar-refractivity contribution in [2.75, 3.05) is 52.4 Å². The zero-order valence-electron chi connectivity index (χ0n) is 14.9. The number of methoxy groups -OCH3 is 2. The van der Waals surface area contributed by atoms with Gasteiger partial charge in [0, 0.05) is 25.7 Å². The van der Waals surface area contributed by atoms with Crippen LogP contribution in [0.3, 0.4) is 0 Å². The number of morpholine rings is 1. The summed E-state index contributed by atoms with van der Waals surface area (Å²) in [4.78, 5) is 13.8. The summed E-state index contributed by atoms with van der Waals surface area (Å²) in [5, 5.41) is 0.951. The van der Waals surface area contributed by atoms with Crippen molar-refractivity contribution < 1.29 is 14.2 Å². The van der Waals surface area contributed by atoms with E-state index in [-0.39, 0.29) is 6.10 Å². The Morgan fingerprint density at radius 3 is 2.84 bits per heavy atom. The lowest BCUT2D eigenvalue weighted by molar-refractivity contribution is -0.0244. The van der Waals surface area contributed by atoms with Crippen molar-refractivity contribution in [1.82, 2.24) is 14.9 Å². The normalized spacial score (nSPS) is 24.2. The molecule has 2 saturated heterocycles. The number of rotatable bonds is 3. The standard InChI is InChI=1S/C18H24N4O3/c1-21-5-4-15-14(10-21)22(6-7-25-15)18-13-8-12(23-2)9-16(24-3)17(13)19-11-20-18/h8-9,11,14-15H,4-7,10H2,1-3H3/t14-,15-/m1/s1. The third-order valence-electron chi connectivity index (χ3n) is 5.17. The van der Waals surface area contributed by atoms with Gasteiger partial charge in [-0.15, -0.1) is 0 Å². The SMILES string of the molecule is COc1cc(OC)c2ncnc(N3CCO[C@@H]4CCN(C)C[C@H]43)c2c1. The number of likely N-dealkylation sites (N-methyl/N-ethyl adjacent to an activating group) is 1. The smallest absolute Gasteiger partial charge is 0.148 e. The zero-order chi connectivity index (χ0) is 17.4. The van der Waals surface area contributed by atoms with Crippen LogP contribution in [0.5, 0.6) is 11.5 Å². The highest BCUT2D eigenvalue weighted by molar-refractivity contribution is 5.94. The van der Waals surface area contributed by atoms with Gasteiger partial charge in [0.2, 0.25) is 0 Å². The van der Waals surface area contributed by atoms with Crippen LogP contribution in [0.1, 0.15) is 6.42 Å². The molecule has 7 nitrogen and oxygen atoms in total. The number of piperidine rings is 1. The van der Waals surface area contributed by atoms with Gasteiger partial charge in [-0.25, -0.2) is 9.97 Å². The van der Waals surface area contributed by atoms with E-state index in [0.29, 0.717) is 11.8 Å². The summed E-state index contributed by atoms with van der Waals surface area (Å²) in [5.74, 6) is 2.37. The van der Waals surface area contributed by atoms with Gasteiger partial charge in [0.05, 0.1) is 38.4 Å². The maximum atomic E-state index is 6.02. The van der Waals surface area contributed by atoms with Crippen molar-refractivity contribution in [2.24, 2.45) is 0 Å². The van der Waals surface area contributed by atoms with E-state index in [2.05, 4.69) is 26.8 Å². The maximum Gasteiger partial charge on any atom is 0.148 e. The molecule has 1 aromatic heterocycles. The van der Waals surface area contributed by atoms with Crippen LogP contribution in [0.15, 0.2) is 18.5 Å². The van der Waals surface area contributed by atoms with Crippen LogP contribution in [0.25, 0.3) is 10.9 Å². The molecule has 0 saturated carbocycles. The molecule has 7 heteroatoms. The minimum atomic E-state index is 0.252. The molecule has 134 valence electrons. The topological polar surface area (TPSA) is 60.0 Å². The number of ether oxygens (including phenoxy) is 3. The van der Waals surface area contributed by atoms with Crippen LogP contribution in [0.2, 0.25) is 0 Å². The monoisotopic (exact) mass is 344 g/mol. The molecule has 0 radical (unpaired) electrons. The number of hydrogen-bond donors (Lipinski definition) is 0. The molecule has 2 aromatic rings. The summed E-state index contributed by atoms with van der Waals surface area (Å²) in [6.45, 7) is 3.58. The lowest BCUT2D eigenvalue weighted by Crippen LogP contribution is -2.59. The Morgan fingerprint density at radius 1 is 1.16 bits per heavy atom. The van der Waals surface area contributed by atoms with Crippen LogP contribution in [0, 0.1) is 0 Å². The largest absolute Gasteiger partial charge is 0.497 e. The van der Waals surface area contributed by atoms with Crippen LogP contribution >= 0.6 is 0 Å². The molecule has 4 rings (SSSR count). The highest BCUT2D eigenvalue weighted by Gasteiger charge is 2.37. The second-order valence-electron chi connectivity index (χ2n) is 6.64. The lowest BCUT2D eigenvalue weighted by Gasteiger charge is -2.47. The van der Waals surface area contributed by atoms with E-state index < -0.39 is 0 Å². The third kappa shape index (κ3) is 2.87. The van der Waals surface area contributed by atoms with E-state index in [1.165, 1.54) is 0 Å². The van der Waals surface area contributed by atoms with E-state index in [4.69, 9.17) is 14.2 Å². The van der Waals surface area contributed by atoms with Crippen molar-refractivity contribution >= 4 is 16.7 Å². The number of hydrogen-bond acceptors (Lipinski definition) is 7. The minimum absolute atomic E-state index is 0.252. The van der Waals surface area contributed by atoms with Gasteiger partial charge >= 0.3 is 0 Å². The number of likely N-dealkylation sites (tertiary alicyclic amines) is 1. The molecule has 0 bridgehead atoms. The van der Waals surface area contributed by atoms with Gasteiger partial charge in [0.1, 0.15) is 29.2 Å². The molecule has 0 aliphatic carbocycles. The Bertz CT molecular complexity index is 769. The highest BCUT2D eigenvalue weighted by atomic mass is 16.5. The van der Waals surface area contributed by atoms with Gasteiger partial charge in [-0.2, -0.15) is 0 Å². The van der Waals surface area contributed by atoms with Crippen LogP contribution in [-0.2, 0) is 4.74 Å². The first-order valence-electron chi connectivity index (χ1n) is 8.64. The second-order valence-corrected chi connectivity index (χ2v) is 6.64. The molecular weight excluding hydrogens is 320 g/mol. The zero-order valence-corrected chi connectivity index (χ0v) is 14.9. The van der Waals surface area contributed by atoms with Crippen molar-refractivity contribution in [3.63, 3.8) is 0 Å². The predicted octanol–water partition coefficient (Wildman–Crippen LogP) is 1.56. The summed E-state index contributed by atoms with van der Waals surface area (Å²) in [6.07, 6.45) is 2.92. The number of benzene rings is 1. The summed E-state index contributed by atoms with van der Waals surface area (Å²) >= 11 is 0. The van der Waals surface area contributed by atoms with Crippen LogP contribution in [-0.4, -0.2) is 74.5 Å². The average molecular weight is 344 g/mol. The Labute approximate surface area is 147 Å². The molecular formula is C18H24N4O3. The molecule has 0 amide bonds. The maximum absolute atomic E-state index is 6.02. The predicted molar refractivity (Wildman–Crippen MR) is 95.6 cm³/mol. The Hall–Kier alpha value is -2.12. The fourth-order valence-corrected chi connectivity index (χ4v) is 3.89. The Kier molecular flexibility index (Phi) is 4.35. The molecule has 2 fully saturated rings. The molecule has 0 spiro atoms. The molecule has 0 unspecified atom stereocenters. The fourth-order valence-electron chi connectivity index (χ4n) is 3.89. The van der Waals surface area contributed by atoms with E-state index in [9.17, 15) is 0 Å². The van der Waals surface area contributed by atoms with Crippen molar-refractivity contribution in [3.05, 3.63) is 18.5 Å². The van der Waals surface area contributed by atoms with Crippen LogP contribution in [0.4, 0.5) is 5.82 Å². The van der Waals surface area contributed by atoms with Gasteiger partial charge < -0.3 is 24.0 Å². The summed E-state index contributed by atoms with van der Waals surface area (Å²) in [5.41, 5.74) is 0.806. The number of fused-ring (bicyclic) bond motifs is 2. The first-order chi connectivity index (χ1) is 12.2. The molecule has 3 heterocycles. The first-order valence-corrected chi connectivity index (χ1v) is 8.64. The van der Waals surface area contributed by atoms with E-state index >= 15 is 0 Å². The van der Waals surface area contributed by atoms with Gasteiger partial charge in [-0.1, -0.05) is 0 Å². The molecule has 1 aromatic carbocycles. The molecule has 2 aliphatic rings. The van der Waals surface area contributed by atoms with Gasteiger partial charge in [0.15, 0.2) is 0 Å². The first kappa shape index (κ1) is 16.4. The Balaban J connectivity index is 1.82. The van der Waals surface area contributed by atoms with E-state index in [1.807, 2.05) is 12.1 Å². The van der Waals surface area contributed by atoms with E-state index in [1.54, 1.807) is 20.5 Å². The fraction of sp³-hybridized carbons (Fsp3) is 0.556. The summed E-state index contributed by atoms with van der Waals surface area (Å²) < 4.78 is 17.0. The van der Waals surface area contributed by atoms with Gasteiger partial charge in [-0.05, 0) is 19.5 Å². The quantitative estimate of drug-likeness (QED) is 0.837. The number of anilines is 1. The molecule has 25 heavy (non-hydrogen) atoms. The third-order valence-corrected chi connectivity index (χ3v) is 5.17. The summed E-state index contributed by atoms with van der Waals surface area (Å²) in [6, 6.07) is 4.14. The second kappa shape index (κ2) is 6.65. The number of aromatic nitrogens is 2. The van der Waals surface area contributed by atoms with Crippen LogP contribution < -0.4 is 14.4 Å². The van der Waals surface area contributed by atoms with Crippen molar-refractivity contribution in [1.29, 1.82) is 0 Å². The van der Waals surface area contributed by atoms with Crippen molar-refractivity contribution in [2.45, 2.75) is 18.6 Å². The van der Waals surface area contributed by atoms with E-state index in [0.717, 1.165) is 55.1 Å². The average Bonchev–Trinajstić information content (AvgIpc) is 2.66.